The Morgan fingerprint density at radius 2 is 2.11 bits per heavy atom. The topological polar surface area (TPSA) is 68.0 Å². The number of nitrogen functional groups attached to an aromatic ring is 1. The number of nitrogens with two attached hydrogens (primary N) is 1. The summed E-state index contributed by atoms with van der Waals surface area (Å²) in [5.41, 5.74) is 7.16. The van der Waals surface area contributed by atoms with Gasteiger partial charge >= 0.3 is 0 Å². The molecule has 2 rings (SSSR count). The standard InChI is InChI=1S/C13H14FN3OS/c1-8-11(19-13(15)17-8)12(18)16-7-6-9-2-4-10(14)5-3-9/h2-5H,6-7H2,1H3,(H2,15,17)(H,16,18). The molecule has 4 nitrogen and oxygen atoms in total. The van der Waals surface area contributed by atoms with Gasteiger partial charge in [-0.15, -0.1) is 0 Å². The van der Waals surface area contributed by atoms with E-state index in [-0.39, 0.29) is 11.7 Å². The highest BCUT2D eigenvalue weighted by atomic mass is 32.1. The number of rotatable bonds is 4. The molecule has 0 aliphatic carbocycles. The van der Waals surface area contributed by atoms with Crippen molar-refractivity contribution in [2.75, 3.05) is 12.3 Å². The highest BCUT2D eigenvalue weighted by Crippen LogP contribution is 2.19. The number of aromatic nitrogens is 1. The summed E-state index contributed by atoms with van der Waals surface area (Å²) in [7, 11) is 0. The van der Waals surface area contributed by atoms with Crippen molar-refractivity contribution in [3.05, 3.63) is 46.2 Å². The number of hydrogen-bond donors (Lipinski definition) is 2. The second kappa shape index (κ2) is 5.79. The largest absolute Gasteiger partial charge is 0.375 e. The Morgan fingerprint density at radius 3 is 2.68 bits per heavy atom. The maximum absolute atomic E-state index is 12.7. The Hall–Kier alpha value is -1.95. The molecule has 0 spiro atoms. The molecule has 1 heterocycles. The van der Waals surface area contributed by atoms with Gasteiger partial charge in [0.2, 0.25) is 0 Å². The van der Waals surface area contributed by atoms with Gasteiger partial charge in [0.05, 0.1) is 5.69 Å². The van der Waals surface area contributed by atoms with Crippen molar-refractivity contribution in [1.82, 2.24) is 10.3 Å². The van der Waals surface area contributed by atoms with Crippen molar-refractivity contribution in [3.8, 4) is 0 Å². The first-order valence-corrected chi connectivity index (χ1v) is 6.63. The van der Waals surface area contributed by atoms with Gasteiger partial charge in [-0.05, 0) is 31.0 Å². The van der Waals surface area contributed by atoms with Crippen molar-refractivity contribution in [2.45, 2.75) is 13.3 Å². The predicted octanol–water partition coefficient (Wildman–Crippen LogP) is 2.15. The fraction of sp³-hybridized carbons (Fsp3) is 0.231. The number of thiazole rings is 1. The molecule has 3 N–H and O–H groups in total. The molecule has 0 radical (unpaired) electrons. The van der Waals surface area contributed by atoms with Gasteiger partial charge in [0.1, 0.15) is 10.7 Å². The highest BCUT2D eigenvalue weighted by molar-refractivity contribution is 7.17. The van der Waals surface area contributed by atoms with Crippen LogP contribution in [0.3, 0.4) is 0 Å². The average Bonchev–Trinajstić information content (AvgIpc) is 2.71. The summed E-state index contributed by atoms with van der Waals surface area (Å²) in [6, 6.07) is 6.23. The summed E-state index contributed by atoms with van der Waals surface area (Å²) < 4.78 is 12.7. The number of nitrogens with zero attached hydrogens (tertiary/aromatic N) is 1. The summed E-state index contributed by atoms with van der Waals surface area (Å²) in [6.07, 6.45) is 0.652. The zero-order chi connectivity index (χ0) is 13.8. The summed E-state index contributed by atoms with van der Waals surface area (Å²) in [4.78, 5) is 16.4. The van der Waals surface area contributed by atoms with Gasteiger partial charge in [0.25, 0.3) is 5.91 Å². The van der Waals surface area contributed by atoms with Crippen LogP contribution in [0.5, 0.6) is 0 Å². The SMILES string of the molecule is Cc1nc(N)sc1C(=O)NCCc1ccc(F)cc1. The van der Waals surface area contributed by atoms with E-state index in [1.807, 2.05) is 0 Å². The molecule has 1 amide bonds. The Kier molecular flexibility index (Phi) is 4.11. The van der Waals surface area contributed by atoms with Gasteiger partial charge in [-0.25, -0.2) is 9.37 Å². The molecular weight excluding hydrogens is 265 g/mol. The maximum Gasteiger partial charge on any atom is 0.263 e. The van der Waals surface area contributed by atoms with Crippen LogP contribution in [0.2, 0.25) is 0 Å². The lowest BCUT2D eigenvalue weighted by molar-refractivity contribution is 0.0957. The van der Waals surface area contributed by atoms with E-state index in [2.05, 4.69) is 10.3 Å². The van der Waals surface area contributed by atoms with Crippen molar-refractivity contribution < 1.29 is 9.18 Å². The van der Waals surface area contributed by atoms with E-state index < -0.39 is 0 Å². The molecule has 2 aromatic rings. The molecule has 0 atom stereocenters. The van der Waals surface area contributed by atoms with E-state index >= 15 is 0 Å². The number of carbonyl (C=O) groups is 1. The predicted molar refractivity (Wildman–Crippen MR) is 73.7 cm³/mol. The van der Waals surface area contributed by atoms with E-state index in [9.17, 15) is 9.18 Å². The van der Waals surface area contributed by atoms with Crippen molar-refractivity contribution in [1.29, 1.82) is 0 Å². The van der Waals surface area contributed by atoms with E-state index in [1.165, 1.54) is 23.5 Å². The molecule has 0 aliphatic heterocycles. The van der Waals surface area contributed by atoms with Gasteiger partial charge in [-0.1, -0.05) is 23.5 Å². The molecule has 100 valence electrons. The summed E-state index contributed by atoms with van der Waals surface area (Å²) in [5.74, 6) is -0.433. The number of carbonyl (C=O) groups excluding carboxylic acids is 1. The molecule has 6 heteroatoms. The fourth-order valence-electron chi connectivity index (χ4n) is 1.68. The van der Waals surface area contributed by atoms with Crippen LogP contribution in [0.25, 0.3) is 0 Å². The van der Waals surface area contributed by atoms with Crippen LogP contribution < -0.4 is 11.1 Å². The Balaban J connectivity index is 1.87. The molecule has 0 aliphatic rings. The van der Waals surface area contributed by atoms with E-state index in [0.717, 1.165) is 5.56 Å². The lowest BCUT2D eigenvalue weighted by atomic mass is 10.1. The molecule has 0 saturated carbocycles. The molecular formula is C13H14FN3OS. The molecule has 1 aromatic heterocycles. The van der Waals surface area contributed by atoms with Gasteiger partial charge in [-0.3, -0.25) is 4.79 Å². The normalized spacial score (nSPS) is 10.4. The van der Waals surface area contributed by atoms with Crippen LogP contribution in [0, 0.1) is 12.7 Å². The van der Waals surface area contributed by atoms with Crippen LogP contribution in [-0.2, 0) is 6.42 Å². The molecule has 19 heavy (non-hydrogen) atoms. The van der Waals surface area contributed by atoms with Gasteiger partial charge in [0.15, 0.2) is 5.13 Å². The quantitative estimate of drug-likeness (QED) is 0.901. The van der Waals surface area contributed by atoms with Crippen LogP contribution in [-0.4, -0.2) is 17.4 Å². The number of anilines is 1. The van der Waals surface area contributed by atoms with Crippen molar-refractivity contribution >= 4 is 22.4 Å². The zero-order valence-electron chi connectivity index (χ0n) is 10.4. The molecule has 0 saturated heterocycles. The van der Waals surface area contributed by atoms with E-state index in [4.69, 9.17) is 5.73 Å². The first kappa shape index (κ1) is 13.5. The third kappa shape index (κ3) is 3.51. The van der Waals surface area contributed by atoms with Crippen LogP contribution in [0.4, 0.5) is 9.52 Å². The first-order valence-electron chi connectivity index (χ1n) is 5.82. The number of halogens is 1. The molecule has 0 fully saturated rings. The van der Waals surface area contributed by atoms with Crippen molar-refractivity contribution in [2.24, 2.45) is 0 Å². The smallest absolute Gasteiger partial charge is 0.263 e. The summed E-state index contributed by atoms with van der Waals surface area (Å²) in [5, 5.41) is 3.19. The molecule has 0 bridgehead atoms. The second-order valence-electron chi connectivity index (χ2n) is 4.10. The number of amides is 1. The monoisotopic (exact) mass is 279 g/mol. The second-order valence-corrected chi connectivity index (χ2v) is 5.13. The Bertz CT molecular complexity index is 580. The lowest BCUT2D eigenvalue weighted by Gasteiger charge is -2.04. The minimum absolute atomic E-state index is 0.172. The Labute approximate surface area is 114 Å². The van der Waals surface area contributed by atoms with E-state index in [0.29, 0.717) is 28.7 Å². The number of hydrogen-bond acceptors (Lipinski definition) is 4. The summed E-state index contributed by atoms with van der Waals surface area (Å²) in [6.45, 7) is 2.24. The van der Waals surface area contributed by atoms with Crippen LogP contribution in [0.15, 0.2) is 24.3 Å². The lowest BCUT2D eigenvalue weighted by Crippen LogP contribution is -2.25. The number of nitrogens with one attached hydrogen (secondary N) is 1. The van der Waals surface area contributed by atoms with E-state index in [1.54, 1.807) is 19.1 Å². The first-order chi connectivity index (χ1) is 9.06. The third-order valence-electron chi connectivity index (χ3n) is 2.63. The van der Waals surface area contributed by atoms with Gasteiger partial charge in [0, 0.05) is 6.54 Å². The maximum atomic E-state index is 12.7. The number of benzene rings is 1. The van der Waals surface area contributed by atoms with Crippen LogP contribution >= 0.6 is 11.3 Å². The zero-order valence-corrected chi connectivity index (χ0v) is 11.3. The summed E-state index contributed by atoms with van der Waals surface area (Å²) >= 11 is 1.18. The minimum Gasteiger partial charge on any atom is -0.375 e. The number of aryl methyl sites for hydroxylation is 1. The third-order valence-corrected chi connectivity index (χ3v) is 3.62. The van der Waals surface area contributed by atoms with Crippen LogP contribution in [0.1, 0.15) is 20.9 Å². The van der Waals surface area contributed by atoms with Gasteiger partial charge < -0.3 is 11.1 Å². The van der Waals surface area contributed by atoms with Gasteiger partial charge in [-0.2, -0.15) is 0 Å². The van der Waals surface area contributed by atoms with Crippen molar-refractivity contribution in [3.63, 3.8) is 0 Å². The average molecular weight is 279 g/mol. The molecule has 0 unspecified atom stereocenters. The Morgan fingerprint density at radius 1 is 1.42 bits per heavy atom. The highest BCUT2D eigenvalue weighted by Gasteiger charge is 2.13. The molecule has 1 aromatic carbocycles. The fourth-order valence-corrected chi connectivity index (χ4v) is 2.43. The minimum atomic E-state index is -0.261.